The molecular weight excluding hydrogens is 483 g/mol. The molecule has 0 unspecified atom stereocenters. The van der Waals surface area contributed by atoms with Crippen molar-refractivity contribution in [2.24, 2.45) is 0 Å². The zero-order chi connectivity index (χ0) is 26.3. The van der Waals surface area contributed by atoms with E-state index in [9.17, 15) is 14.0 Å². The number of amides is 2. The van der Waals surface area contributed by atoms with Gasteiger partial charge in [0.05, 0.1) is 6.42 Å². The predicted octanol–water partition coefficient (Wildman–Crippen LogP) is 5.18. The highest BCUT2D eigenvalue weighted by molar-refractivity contribution is 5.89. The van der Waals surface area contributed by atoms with Gasteiger partial charge in [0.25, 0.3) is 0 Å². The molecule has 1 N–H and O–H groups in total. The minimum atomic E-state index is -0.897. The van der Waals surface area contributed by atoms with Gasteiger partial charge in [-0.2, -0.15) is 0 Å². The number of carbonyl (C=O) groups excluding carboxylic acids is 2. The van der Waals surface area contributed by atoms with Crippen LogP contribution in [0.1, 0.15) is 28.3 Å². The highest BCUT2D eigenvalue weighted by Gasteiger charge is 2.31. The van der Waals surface area contributed by atoms with Gasteiger partial charge in [0, 0.05) is 13.1 Å². The van der Waals surface area contributed by atoms with Crippen molar-refractivity contribution in [3.8, 4) is 11.5 Å². The number of hydrogen-bond acceptors (Lipinski definition) is 4. The number of rotatable bonds is 9. The van der Waals surface area contributed by atoms with E-state index in [1.165, 1.54) is 12.1 Å². The van der Waals surface area contributed by atoms with E-state index in [0.29, 0.717) is 17.1 Å². The highest BCUT2D eigenvalue weighted by atomic mass is 19.1. The Labute approximate surface area is 220 Å². The number of ether oxygens (including phenoxy) is 2. The standard InChI is InChI=1S/C31H27FN2O4/c32-26-14-11-23(12-15-26)20-34(29(35)18-22-7-3-1-4-8-22)30(25-9-5-2-6-10-25)31(36)33-19-24-13-16-27-28(17-24)38-21-37-27/h1-17,30H,18-21H2,(H,33,36)/t30-/m1/s1. The summed E-state index contributed by atoms with van der Waals surface area (Å²) in [5, 5.41) is 2.99. The van der Waals surface area contributed by atoms with E-state index in [2.05, 4.69) is 5.32 Å². The number of halogens is 1. The monoisotopic (exact) mass is 510 g/mol. The van der Waals surface area contributed by atoms with Crippen LogP contribution in [0.15, 0.2) is 103 Å². The van der Waals surface area contributed by atoms with Crippen LogP contribution in [0.25, 0.3) is 0 Å². The topological polar surface area (TPSA) is 67.9 Å². The van der Waals surface area contributed by atoms with E-state index in [-0.39, 0.29) is 43.9 Å². The molecule has 38 heavy (non-hydrogen) atoms. The van der Waals surface area contributed by atoms with Crippen LogP contribution in [0.3, 0.4) is 0 Å². The van der Waals surface area contributed by atoms with Gasteiger partial charge in [-0.3, -0.25) is 9.59 Å². The maximum Gasteiger partial charge on any atom is 0.247 e. The van der Waals surface area contributed by atoms with Crippen molar-refractivity contribution in [2.45, 2.75) is 25.6 Å². The first-order chi connectivity index (χ1) is 18.6. The number of benzene rings is 4. The average Bonchev–Trinajstić information content (AvgIpc) is 3.42. The lowest BCUT2D eigenvalue weighted by molar-refractivity contribution is -0.141. The second-order valence-electron chi connectivity index (χ2n) is 9.03. The average molecular weight is 511 g/mol. The molecule has 4 aromatic carbocycles. The van der Waals surface area contributed by atoms with E-state index in [0.717, 1.165) is 16.7 Å². The maximum absolute atomic E-state index is 13.8. The highest BCUT2D eigenvalue weighted by Crippen LogP contribution is 2.32. The Hall–Kier alpha value is -4.65. The summed E-state index contributed by atoms with van der Waals surface area (Å²) in [6.45, 7) is 0.558. The van der Waals surface area contributed by atoms with Crippen molar-refractivity contribution >= 4 is 11.8 Å². The zero-order valence-corrected chi connectivity index (χ0v) is 20.7. The van der Waals surface area contributed by atoms with E-state index in [4.69, 9.17) is 9.47 Å². The van der Waals surface area contributed by atoms with Gasteiger partial charge in [0.15, 0.2) is 11.5 Å². The molecule has 0 fully saturated rings. The largest absolute Gasteiger partial charge is 0.454 e. The lowest BCUT2D eigenvalue weighted by Gasteiger charge is -2.32. The van der Waals surface area contributed by atoms with Crippen LogP contribution in [0.4, 0.5) is 4.39 Å². The smallest absolute Gasteiger partial charge is 0.247 e. The first-order valence-electron chi connectivity index (χ1n) is 12.4. The van der Waals surface area contributed by atoms with E-state index in [1.54, 1.807) is 17.0 Å². The van der Waals surface area contributed by atoms with Gasteiger partial charge in [0.1, 0.15) is 11.9 Å². The third-order valence-electron chi connectivity index (χ3n) is 6.36. The minimum Gasteiger partial charge on any atom is -0.454 e. The van der Waals surface area contributed by atoms with Crippen LogP contribution in [0.2, 0.25) is 0 Å². The minimum absolute atomic E-state index is 0.126. The van der Waals surface area contributed by atoms with E-state index in [1.807, 2.05) is 78.9 Å². The molecule has 192 valence electrons. The molecule has 5 rings (SSSR count). The van der Waals surface area contributed by atoms with Gasteiger partial charge in [0.2, 0.25) is 18.6 Å². The van der Waals surface area contributed by atoms with Gasteiger partial charge in [-0.05, 0) is 46.5 Å². The molecule has 0 aromatic heterocycles. The van der Waals surface area contributed by atoms with Crippen LogP contribution in [-0.2, 0) is 29.1 Å². The number of carbonyl (C=O) groups is 2. The summed E-state index contributed by atoms with van der Waals surface area (Å²) in [5.41, 5.74) is 3.08. The summed E-state index contributed by atoms with van der Waals surface area (Å²) in [6, 6.07) is 29.2. The van der Waals surface area contributed by atoms with Gasteiger partial charge < -0.3 is 19.7 Å². The molecule has 6 nitrogen and oxygen atoms in total. The van der Waals surface area contributed by atoms with Crippen LogP contribution >= 0.6 is 0 Å². The van der Waals surface area contributed by atoms with Gasteiger partial charge in [-0.15, -0.1) is 0 Å². The fourth-order valence-corrected chi connectivity index (χ4v) is 4.43. The lowest BCUT2D eigenvalue weighted by atomic mass is 10.0. The third kappa shape index (κ3) is 6.00. The molecule has 0 bridgehead atoms. The molecule has 2 amide bonds. The quantitative estimate of drug-likeness (QED) is 0.337. The van der Waals surface area contributed by atoms with Crippen molar-refractivity contribution in [1.29, 1.82) is 0 Å². The van der Waals surface area contributed by atoms with Crippen molar-refractivity contribution in [1.82, 2.24) is 10.2 Å². The second kappa shape index (κ2) is 11.6. The Morgan fingerprint density at radius 1 is 0.789 bits per heavy atom. The van der Waals surface area contributed by atoms with Crippen LogP contribution < -0.4 is 14.8 Å². The number of fused-ring (bicyclic) bond motifs is 1. The summed E-state index contributed by atoms with van der Waals surface area (Å²) >= 11 is 0. The first-order valence-corrected chi connectivity index (χ1v) is 12.4. The summed E-state index contributed by atoms with van der Waals surface area (Å²) < 4.78 is 24.4. The number of hydrogen-bond donors (Lipinski definition) is 1. The van der Waals surface area contributed by atoms with Gasteiger partial charge in [-0.25, -0.2) is 4.39 Å². The molecule has 7 heteroatoms. The lowest BCUT2D eigenvalue weighted by Crippen LogP contribution is -2.43. The van der Waals surface area contributed by atoms with Crippen LogP contribution in [0.5, 0.6) is 11.5 Å². The Bertz CT molecular complexity index is 1390. The third-order valence-corrected chi connectivity index (χ3v) is 6.36. The SMILES string of the molecule is O=C(NCc1ccc2c(c1)OCO2)[C@@H](c1ccccc1)N(Cc1ccc(F)cc1)C(=O)Cc1ccccc1. The first kappa shape index (κ1) is 25.0. The number of nitrogens with zero attached hydrogens (tertiary/aromatic N) is 1. The molecule has 0 radical (unpaired) electrons. The predicted molar refractivity (Wildman–Crippen MR) is 141 cm³/mol. The molecule has 4 aromatic rings. The van der Waals surface area contributed by atoms with Gasteiger partial charge in [-0.1, -0.05) is 78.9 Å². The van der Waals surface area contributed by atoms with Crippen LogP contribution in [0, 0.1) is 5.82 Å². The van der Waals surface area contributed by atoms with Crippen molar-refractivity contribution < 1.29 is 23.5 Å². The summed E-state index contributed by atoms with van der Waals surface area (Å²) in [4.78, 5) is 29.1. The molecule has 1 atom stereocenters. The fourth-order valence-electron chi connectivity index (χ4n) is 4.43. The molecule has 0 aliphatic carbocycles. The summed E-state index contributed by atoms with van der Waals surface area (Å²) in [6.07, 6.45) is 0.126. The zero-order valence-electron chi connectivity index (χ0n) is 20.7. The molecule has 0 saturated heterocycles. The molecule has 1 heterocycles. The Balaban J connectivity index is 1.44. The summed E-state index contributed by atoms with van der Waals surface area (Å²) in [7, 11) is 0. The van der Waals surface area contributed by atoms with E-state index < -0.39 is 6.04 Å². The second-order valence-corrected chi connectivity index (χ2v) is 9.03. The van der Waals surface area contributed by atoms with Gasteiger partial charge >= 0.3 is 0 Å². The Morgan fingerprint density at radius 2 is 1.45 bits per heavy atom. The van der Waals surface area contributed by atoms with E-state index >= 15 is 0 Å². The molecular formula is C31H27FN2O4. The molecule has 1 aliphatic heterocycles. The van der Waals surface area contributed by atoms with Crippen LogP contribution in [-0.4, -0.2) is 23.5 Å². The maximum atomic E-state index is 13.8. The fraction of sp³-hybridized carbons (Fsp3) is 0.161. The van der Waals surface area contributed by atoms with Crippen molar-refractivity contribution in [3.05, 3.63) is 131 Å². The normalized spacial score (nSPS) is 12.6. The summed E-state index contributed by atoms with van der Waals surface area (Å²) in [5.74, 6) is 0.397. The molecule has 1 aliphatic rings. The Morgan fingerprint density at radius 3 is 2.18 bits per heavy atom. The molecule has 0 saturated carbocycles. The Kier molecular flexibility index (Phi) is 7.64. The molecule has 0 spiro atoms. The number of nitrogens with one attached hydrogen (secondary N) is 1. The van der Waals surface area contributed by atoms with Crippen molar-refractivity contribution in [2.75, 3.05) is 6.79 Å². The van der Waals surface area contributed by atoms with Crippen molar-refractivity contribution in [3.63, 3.8) is 0 Å².